The maximum atomic E-state index is 13.1. The van der Waals surface area contributed by atoms with E-state index in [1.807, 2.05) is 0 Å². The normalized spacial score (nSPS) is 13.5. The molecule has 1 aromatic rings. The third kappa shape index (κ3) is 3.58. The summed E-state index contributed by atoms with van der Waals surface area (Å²) in [6.45, 7) is 1.35. The molecule has 0 fully saturated rings. The van der Waals surface area contributed by atoms with Gasteiger partial charge in [0, 0.05) is 5.56 Å². The van der Waals surface area contributed by atoms with Crippen molar-refractivity contribution in [1.82, 2.24) is 0 Å². The van der Waals surface area contributed by atoms with Crippen molar-refractivity contribution in [2.24, 2.45) is 9.98 Å². The summed E-state index contributed by atoms with van der Waals surface area (Å²) in [6, 6.07) is 0.359. The van der Waals surface area contributed by atoms with Gasteiger partial charge in [-0.1, -0.05) is 0 Å². The number of nitrogens with zero attached hydrogens (tertiary/aromatic N) is 2. The maximum absolute atomic E-state index is 13.1. The summed E-state index contributed by atoms with van der Waals surface area (Å²) < 4.78 is 39.1. The second-order valence-electron chi connectivity index (χ2n) is 3.67. The Hall–Kier alpha value is -1.95. The Morgan fingerprint density at radius 3 is 2.05 bits per heavy atom. The molecule has 0 atom stereocenters. The van der Waals surface area contributed by atoms with Gasteiger partial charge in [-0.3, -0.25) is 0 Å². The Kier molecular flexibility index (Phi) is 6.51. The van der Waals surface area contributed by atoms with E-state index in [9.17, 15) is 22.8 Å². The number of urea groups is 1. The molecule has 0 bridgehead atoms. The van der Waals surface area contributed by atoms with E-state index in [1.54, 1.807) is 0 Å². The van der Waals surface area contributed by atoms with Crippen molar-refractivity contribution >= 4 is 48.2 Å². The van der Waals surface area contributed by atoms with E-state index in [-0.39, 0.29) is 47.4 Å². The Bertz CT molecular complexity index is 687. The van der Waals surface area contributed by atoms with E-state index >= 15 is 0 Å². The van der Waals surface area contributed by atoms with Crippen molar-refractivity contribution in [2.45, 2.75) is 6.92 Å². The van der Waals surface area contributed by atoms with Crippen molar-refractivity contribution in [3.63, 3.8) is 0 Å². The third-order valence-corrected chi connectivity index (χ3v) is 2.43. The minimum atomic E-state index is -1.64. The summed E-state index contributed by atoms with van der Waals surface area (Å²) in [4.78, 5) is 28.8. The van der Waals surface area contributed by atoms with E-state index in [4.69, 9.17) is 0 Å². The first-order chi connectivity index (χ1) is 8.93. The van der Waals surface area contributed by atoms with Crippen LogP contribution in [0.3, 0.4) is 0 Å². The van der Waals surface area contributed by atoms with Gasteiger partial charge in [-0.05, 0) is 19.1 Å². The number of allylic oxidation sites excluding steroid dienone is 1. The molecule has 0 radical (unpaired) electrons. The Balaban J connectivity index is 0.00000200. The van der Waals surface area contributed by atoms with Crippen LogP contribution < -0.4 is 0 Å². The first kappa shape index (κ1) is 19.1. The van der Waals surface area contributed by atoms with E-state index in [2.05, 4.69) is 9.98 Å². The van der Waals surface area contributed by atoms with Crippen LogP contribution in [-0.2, 0) is 4.79 Å². The molecule has 9 heteroatoms. The molecule has 0 aliphatic carbocycles. The molecule has 0 unspecified atom stereocenters. The van der Waals surface area contributed by atoms with Crippen molar-refractivity contribution in [2.75, 3.05) is 0 Å². The molecule has 0 spiro atoms. The van der Waals surface area contributed by atoms with Gasteiger partial charge in [0.05, 0.1) is 11.4 Å². The molecule has 0 N–H and O–H groups in total. The average molecular weight is 339 g/mol. The smallest absolute Gasteiger partial charge is 0.244 e. The van der Waals surface area contributed by atoms with Crippen molar-refractivity contribution < 1.29 is 22.8 Å². The molecular weight excluding hydrogens is 332 g/mol. The van der Waals surface area contributed by atoms with Crippen LogP contribution in [0.1, 0.15) is 12.5 Å². The minimum Gasteiger partial charge on any atom is -0.244 e. The number of carbonyl (C=O) groups excluding carboxylic acids is 2. The monoisotopic (exact) mass is 338 g/mol. The van der Waals surface area contributed by atoms with E-state index < -0.39 is 23.5 Å². The molecule has 112 valence electrons. The predicted molar refractivity (Wildman–Crippen MR) is 75.1 cm³/mol. The summed E-state index contributed by atoms with van der Waals surface area (Å²) in [5.74, 6) is -3.05. The largest absolute Gasteiger partial charge is 0.367 e. The highest BCUT2D eigenvalue weighted by Crippen LogP contribution is 2.19. The zero-order valence-corrected chi connectivity index (χ0v) is 11.9. The van der Waals surface area contributed by atoms with Gasteiger partial charge in [0.25, 0.3) is 0 Å². The standard InChI is InChI=1S/C12H5F3N2O2.2ClH/c1-5-7(4-18)11(17-12(19)16-5)6-2-8(13)10(15)9(14)3-6;;/h2-3H,1H3;2*1H. The van der Waals surface area contributed by atoms with Gasteiger partial charge in [0.15, 0.2) is 17.5 Å². The maximum Gasteiger partial charge on any atom is 0.367 e. The number of amides is 2. The number of hydrogen-bond donors (Lipinski definition) is 0. The molecule has 0 saturated carbocycles. The molecule has 1 heterocycles. The van der Waals surface area contributed by atoms with Crippen LogP contribution >= 0.6 is 24.8 Å². The molecule has 1 aliphatic heterocycles. The van der Waals surface area contributed by atoms with Gasteiger partial charge in [0.2, 0.25) is 0 Å². The second kappa shape index (κ2) is 7.17. The number of benzene rings is 1. The van der Waals surface area contributed by atoms with E-state index in [0.29, 0.717) is 12.1 Å². The Labute approximate surface area is 129 Å². The van der Waals surface area contributed by atoms with Crippen LogP contribution in [0, 0.1) is 17.5 Å². The highest BCUT2D eigenvalue weighted by molar-refractivity contribution is 6.38. The molecule has 2 amide bonds. The lowest BCUT2D eigenvalue weighted by molar-refractivity contribution is 0.257. The first-order valence-electron chi connectivity index (χ1n) is 5.02. The molecule has 1 aliphatic rings. The van der Waals surface area contributed by atoms with Gasteiger partial charge in [0.1, 0.15) is 11.5 Å². The number of halogens is 5. The van der Waals surface area contributed by atoms with Crippen molar-refractivity contribution in [3.05, 3.63) is 40.7 Å². The van der Waals surface area contributed by atoms with Crippen molar-refractivity contribution in [1.29, 1.82) is 0 Å². The van der Waals surface area contributed by atoms with Gasteiger partial charge >= 0.3 is 6.03 Å². The first-order valence-corrected chi connectivity index (χ1v) is 5.02. The number of rotatable bonds is 1. The summed E-state index contributed by atoms with van der Waals surface area (Å²) in [5.41, 5.74) is -0.706. The Morgan fingerprint density at radius 1 is 1.05 bits per heavy atom. The second-order valence-corrected chi connectivity index (χ2v) is 3.67. The van der Waals surface area contributed by atoms with Gasteiger partial charge in [-0.25, -0.2) is 22.8 Å². The lowest BCUT2D eigenvalue weighted by Crippen LogP contribution is -2.20. The van der Waals surface area contributed by atoms with E-state index in [0.717, 1.165) is 0 Å². The molecule has 4 nitrogen and oxygen atoms in total. The Morgan fingerprint density at radius 2 is 1.57 bits per heavy atom. The zero-order valence-electron chi connectivity index (χ0n) is 10.3. The molecule has 0 saturated heterocycles. The SMILES string of the molecule is CC1=NC(=O)N=C(c2cc(F)c(F)c(F)c2)C1=C=O.Cl.Cl. The summed E-state index contributed by atoms with van der Waals surface area (Å²) in [6.07, 6.45) is 0. The van der Waals surface area contributed by atoms with Crippen molar-refractivity contribution in [3.8, 4) is 0 Å². The fourth-order valence-electron chi connectivity index (χ4n) is 1.57. The van der Waals surface area contributed by atoms with Crippen LogP contribution in [0.2, 0.25) is 0 Å². The summed E-state index contributed by atoms with van der Waals surface area (Å²) >= 11 is 0. The average Bonchev–Trinajstić information content (AvgIpc) is 2.34. The molecule has 1 aromatic carbocycles. The zero-order chi connectivity index (χ0) is 14.2. The highest BCUT2D eigenvalue weighted by Gasteiger charge is 2.23. The van der Waals surface area contributed by atoms with Crippen LogP contribution in [-0.4, -0.2) is 23.4 Å². The topological polar surface area (TPSA) is 58.9 Å². The fraction of sp³-hybridized carbons (Fsp3) is 0.0833. The van der Waals surface area contributed by atoms with Gasteiger partial charge in [-0.2, -0.15) is 9.98 Å². The lowest BCUT2D eigenvalue weighted by atomic mass is 9.99. The van der Waals surface area contributed by atoms with Gasteiger partial charge in [-0.15, -0.1) is 24.8 Å². The van der Waals surface area contributed by atoms with E-state index in [1.165, 1.54) is 12.9 Å². The quantitative estimate of drug-likeness (QED) is 0.583. The molecule has 2 rings (SSSR count). The third-order valence-electron chi connectivity index (χ3n) is 2.43. The van der Waals surface area contributed by atoms with Crippen LogP contribution in [0.4, 0.5) is 18.0 Å². The van der Waals surface area contributed by atoms with Crippen LogP contribution in [0.15, 0.2) is 27.7 Å². The highest BCUT2D eigenvalue weighted by atomic mass is 35.5. The predicted octanol–water partition coefficient (Wildman–Crippen LogP) is 3.09. The molecule has 0 aromatic heterocycles. The van der Waals surface area contributed by atoms with Gasteiger partial charge < -0.3 is 0 Å². The number of aliphatic imine (C=N–C) groups is 2. The van der Waals surface area contributed by atoms with Crippen LogP contribution in [0.5, 0.6) is 0 Å². The van der Waals surface area contributed by atoms with Crippen LogP contribution in [0.25, 0.3) is 0 Å². The summed E-state index contributed by atoms with van der Waals surface area (Å²) in [5, 5.41) is 0. The number of carbonyl (C=O) groups is 1. The lowest BCUT2D eigenvalue weighted by Gasteiger charge is -2.11. The molecule has 21 heavy (non-hydrogen) atoms. The number of hydrogen-bond acceptors (Lipinski definition) is 2. The molecular formula is C12H7Cl2F3N2O2. The summed E-state index contributed by atoms with van der Waals surface area (Å²) in [7, 11) is 0. The minimum absolute atomic E-state index is 0. The fourth-order valence-corrected chi connectivity index (χ4v) is 1.57.